The number of piperazine rings is 1. The highest BCUT2D eigenvalue weighted by atomic mass is 35.5. The second-order valence-corrected chi connectivity index (χ2v) is 9.31. The van der Waals surface area contributed by atoms with Gasteiger partial charge in [0.25, 0.3) is 0 Å². The van der Waals surface area contributed by atoms with E-state index in [1.54, 1.807) is 0 Å². The summed E-state index contributed by atoms with van der Waals surface area (Å²) in [6.45, 7) is 5.29. The molecule has 0 aliphatic carbocycles. The molecule has 1 unspecified atom stereocenters. The minimum Gasteiger partial charge on any atom is -0.494 e. The van der Waals surface area contributed by atoms with Gasteiger partial charge >= 0.3 is 0 Å². The van der Waals surface area contributed by atoms with Gasteiger partial charge in [-0.25, -0.2) is 9.97 Å². The molecule has 36 heavy (non-hydrogen) atoms. The zero-order chi connectivity index (χ0) is 24.9. The van der Waals surface area contributed by atoms with E-state index in [9.17, 15) is 0 Å². The SMILES string of the molecule is CCOc1ccc(-c2nc(Nc3ccc(Cl)cc3)cc(N3CCN(C)C(c4ccccc4)C3)n2)cc1. The lowest BCUT2D eigenvalue weighted by atomic mass is 10.0. The molecule has 0 radical (unpaired) electrons. The lowest BCUT2D eigenvalue weighted by Crippen LogP contribution is -2.47. The van der Waals surface area contributed by atoms with E-state index in [0.717, 1.165) is 48.3 Å². The van der Waals surface area contributed by atoms with Gasteiger partial charge in [0.2, 0.25) is 0 Å². The standard InChI is InChI=1S/C29H30ClN5O/c1-3-36-25-15-9-22(10-16-25)29-32-27(31-24-13-11-23(30)12-14-24)19-28(33-29)35-18-17-34(2)26(20-35)21-7-5-4-6-8-21/h4-16,19,26H,3,17-18,20H2,1-2H3,(H,31,32,33). The molecule has 4 aromatic rings. The molecule has 7 heteroatoms. The molecule has 0 amide bonds. The number of ether oxygens (including phenoxy) is 1. The van der Waals surface area contributed by atoms with Gasteiger partial charge in [0.15, 0.2) is 5.82 Å². The largest absolute Gasteiger partial charge is 0.494 e. The zero-order valence-corrected chi connectivity index (χ0v) is 21.3. The maximum Gasteiger partial charge on any atom is 0.163 e. The van der Waals surface area contributed by atoms with Crippen LogP contribution in [0.5, 0.6) is 5.75 Å². The average Bonchev–Trinajstić information content (AvgIpc) is 2.91. The number of aromatic nitrogens is 2. The topological polar surface area (TPSA) is 53.5 Å². The number of nitrogens with zero attached hydrogens (tertiary/aromatic N) is 4. The van der Waals surface area contributed by atoms with Crippen molar-refractivity contribution < 1.29 is 4.74 Å². The van der Waals surface area contributed by atoms with Crippen LogP contribution < -0.4 is 15.0 Å². The van der Waals surface area contributed by atoms with Crippen LogP contribution in [0, 0.1) is 0 Å². The lowest BCUT2D eigenvalue weighted by Gasteiger charge is -2.40. The van der Waals surface area contributed by atoms with E-state index in [4.69, 9.17) is 26.3 Å². The highest BCUT2D eigenvalue weighted by Crippen LogP contribution is 2.30. The summed E-state index contributed by atoms with van der Waals surface area (Å²) in [6, 6.07) is 28.5. The third kappa shape index (κ3) is 5.61. The Hall–Kier alpha value is -3.61. The fourth-order valence-corrected chi connectivity index (χ4v) is 4.58. The van der Waals surface area contributed by atoms with E-state index in [1.165, 1.54) is 5.56 Å². The quantitative estimate of drug-likeness (QED) is 0.316. The second kappa shape index (κ2) is 11.0. The number of benzene rings is 3. The summed E-state index contributed by atoms with van der Waals surface area (Å²) in [6.07, 6.45) is 0. The number of nitrogens with one attached hydrogen (secondary N) is 1. The molecule has 184 valence electrons. The third-order valence-electron chi connectivity index (χ3n) is 6.41. The predicted octanol–water partition coefficient (Wildman–Crippen LogP) is 6.43. The fourth-order valence-electron chi connectivity index (χ4n) is 4.45. The van der Waals surface area contributed by atoms with Crippen LogP contribution in [-0.2, 0) is 0 Å². The Labute approximate surface area is 217 Å². The van der Waals surface area contributed by atoms with Crippen molar-refractivity contribution in [2.24, 2.45) is 0 Å². The van der Waals surface area contributed by atoms with Crippen molar-refractivity contribution in [3.8, 4) is 17.1 Å². The van der Waals surface area contributed by atoms with E-state index in [1.807, 2.05) is 61.5 Å². The van der Waals surface area contributed by atoms with Crippen LogP contribution in [-0.4, -0.2) is 48.2 Å². The molecule has 2 heterocycles. The summed E-state index contributed by atoms with van der Waals surface area (Å²) in [4.78, 5) is 14.6. The van der Waals surface area contributed by atoms with Crippen LogP contribution in [0.4, 0.5) is 17.3 Å². The smallest absolute Gasteiger partial charge is 0.163 e. The van der Waals surface area contributed by atoms with E-state index in [-0.39, 0.29) is 6.04 Å². The number of anilines is 3. The van der Waals surface area contributed by atoms with Crippen LogP contribution in [0.1, 0.15) is 18.5 Å². The molecule has 1 aromatic heterocycles. The second-order valence-electron chi connectivity index (χ2n) is 8.88. The first-order valence-electron chi connectivity index (χ1n) is 12.2. The van der Waals surface area contributed by atoms with Crippen molar-refractivity contribution in [2.75, 3.05) is 43.5 Å². The first-order chi connectivity index (χ1) is 17.6. The Bertz CT molecular complexity index is 1280. The number of hydrogen-bond acceptors (Lipinski definition) is 6. The molecule has 5 rings (SSSR count). The number of rotatable bonds is 7. The number of likely N-dealkylation sites (N-methyl/N-ethyl adjacent to an activating group) is 1. The molecule has 1 aliphatic heterocycles. The van der Waals surface area contributed by atoms with Crippen LogP contribution >= 0.6 is 11.6 Å². The summed E-state index contributed by atoms with van der Waals surface area (Å²) in [7, 11) is 2.19. The summed E-state index contributed by atoms with van der Waals surface area (Å²) in [5.41, 5.74) is 3.17. The highest BCUT2D eigenvalue weighted by Gasteiger charge is 2.27. The maximum absolute atomic E-state index is 6.08. The van der Waals surface area contributed by atoms with Gasteiger partial charge in [0.1, 0.15) is 17.4 Å². The Kier molecular flexibility index (Phi) is 7.35. The number of halogens is 1. The molecule has 0 bridgehead atoms. The summed E-state index contributed by atoms with van der Waals surface area (Å²) >= 11 is 6.08. The Morgan fingerprint density at radius 3 is 2.42 bits per heavy atom. The Morgan fingerprint density at radius 1 is 0.944 bits per heavy atom. The lowest BCUT2D eigenvalue weighted by molar-refractivity contribution is 0.220. The molecule has 1 aliphatic rings. The van der Waals surface area contributed by atoms with Gasteiger partial charge in [-0.15, -0.1) is 0 Å². The molecule has 1 N–H and O–H groups in total. The van der Waals surface area contributed by atoms with Crippen LogP contribution in [0.15, 0.2) is 84.9 Å². The average molecular weight is 500 g/mol. The number of hydrogen-bond donors (Lipinski definition) is 1. The first-order valence-corrected chi connectivity index (χ1v) is 12.6. The molecule has 1 atom stereocenters. The van der Waals surface area contributed by atoms with Gasteiger partial charge < -0.3 is 15.0 Å². The molecular formula is C29H30ClN5O. The van der Waals surface area contributed by atoms with Crippen molar-refractivity contribution in [1.82, 2.24) is 14.9 Å². The zero-order valence-electron chi connectivity index (χ0n) is 20.6. The predicted molar refractivity (Wildman–Crippen MR) is 147 cm³/mol. The molecule has 3 aromatic carbocycles. The van der Waals surface area contributed by atoms with Crippen molar-refractivity contribution in [3.63, 3.8) is 0 Å². The fraction of sp³-hybridized carbons (Fsp3) is 0.241. The minimum absolute atomic E-state index is 0.288. The van der Waals surface area contributed by atoms with Crippen molar-refractivity contribution in [3.05, 3.63) is 95.5 Å². The summed E-state index contributed by atoms with van der Waals surface area (Å²) in [5.74, 6) is 3.14. The van der Waals surface area contributed by atoms with Gasteiger partial charge in [-0.2, -0.15) is 0 Å². The highest BCUT2D eigenvalue weighted by molar-refractivity contribution is 6.30. The van der Waals surface area contributed by atoms with Crippen LogP contribution in [0.3, 0.4) is 0 Å². The molecular weight excluding hydrogens is 470 g/mol. The first kappa shape index (κ1) is 24.1. The van der Waals surface area contributed by atoms with Crippen LogP contribution in [0.2, 0.25) is 5.02 Å². The van der Waals surface area contributed by atoms with Gasteiger partial charge in [0.05, 0.1) is 12.6 Å². The van der Waals surface area contributed by atoms with Crippen molar-refractivity contribution in [1.29, 1.82) is 0 Å². The minimum atomic E-state index is 0.288. The third-order valence-corrected chi connectivity index (χ3v) is 6.66. The molecule has 6 nitrogen and oxygen atoms in total. The molecule has 1 saturated heterocycles. The van der Waals surface area contributed by atoms with E-state index in [2.05, 4.69) is 52.5 Å². The van der Waals surface area contributed by atoms with Crippen molar-refractivity contribution >= 4 is 28.9 Å². The molecule has 0 spiro atoms. The van der Waals surface area contributed by atoms with Crippen molar-refractivity contribution in [2.45, 2.75) is 13.0 Å². The van der Waals surface area contributed by atoms with Gasteiger partial charge in [-0.3, -0.25) is 4.90 Å². The maximum atomic E-state index is 6.08. The van der Waals surface area contributed by atoms with Gasteiger partial charge in [-0.1, -0.05) is 41.9 Å². The summed E-state index contributed by atoms with van der Waals surface area (Å²) < 4.78 is 5.62. The van der Waals surface area contributed by atoms with E-state index < -0.39 is 0 Å². The van der Waals surface area contributed by atoms with E-state index >= 15 is 0 Å². The normalized spacial score (nSPS) is 16.1. The van der Waals surface area contributed by atoms with Crippen LogP contribution in [0.25, 0.3) is 11.4 Å². The monoisotopic (exact) mass is 499 g/mol. The van der Waals surface area contributed by atoms with E-state index in [0.29, 0.717) is 17.5 Å². The Balaban J connectivity index is 1.49. The van der Waals surface area contributed by atoms with Gasteiger partial charge in [0, 0.05) is 42.0 Å². The molecule has 0 saturated carbocycles. The molecule has 1 fully saturated rings. The van der Waals surface area contributed by atoms with Gasteiger partial charge in [-0.05, 0) is 68.1 Å². The summed E-state index contributed by atoms with van der Waals surface area (Å²) in [5, 5.41) is 4.13. The Morgan fingerprint density at radius 2 is 1.69 bits per heavy atom.